The number of fused-ring (bicyclic) bond motifs is 1. The Balaban J connectivity index is 1.48. The minimum absolute atomic E-state index is 0.0272. The van der Waals surface area contributed by atoms with Crippen LogP contribution < -0.4 is 5.32 Å². The van der Waals surface area contributed by atoms with Crippen LogP contribution in [0.3, 0.4) is 0 Å². The van der Waals surface area contributed by atoms with Crippen molar-refractivity contribution in [1.82, 2.24) is 15.1 Å². The number of likely N-dealkylation sites (tertiary alicyclic amines) is 2. The summed E-state index contributed by atoms with van der Waals surface area (Å²) in [6.45, 7) is 10.5. The van der Waals surface area contributed by atoms with Gasteiger partial charge in [-0.3, -0.25) is 19.2 Å². The van der Waals surface area contributed by atoms with Gasteiger partial charge < -0.3 is 19.9 Å². The first-order valence-electron chi connectivity index (χ1n) is 14.0. The Morgan fingerprint density at radius 1 is 1.05 bits per heavy atom. The van der Waals surface area contributed by atoms with E-state index in [9.17, 15) is 19.2 Å². The van der Waals surface area contributed by atoms with E-state index in [1.807, 2.05) is 71.0 Å². The molecule has 4 rings (SSSR count). The molecule has 2 fully saturated rings. The molecule has 2 aromatic rings. The summed E-state index contributed by atoms with van der Waals surface area (Å²) in [7, 11) is 1.52. The normalized spacial score (nSPS) is 20.5. The molecule has 3 amide bonds. The van der Waals surface area contributed by atoms with Crippen molar-refractivity contribution < 1.29 is 23.9 Å². The third-order valence-electron chi connectivity index (χ3n) is 7.54. The number of rotatable bonds is 9. The number of ketones is 1. The first-order chi connectivity index (χ1) is 18.9. The lowest BCUT2D eigenvalue weighted by atomic mass is 9.88. The summed E-state index contributed by atoms with van der Waals surface area (Å²) >= 11 is 1.38. The first kappa shape index (κ1) is 29.9. The molecule has 1 aromatic heterocycles. The summed E-state index contributed by atoms with van der Waals surface area (Å²) in [5.41, 5.74) is 0.908. The predicted molar refractivity (Wildman–Crippen MR) is 156 cm³/mol. The van der Waals surface area contributed by atoms with E-state index in [2.05, 4.69) is 5.32 Å². The van der Waals surface area contributed by atoms with Gasteiger partial charge in [-0.1, -0.05) is 65.0 Å². The zero-order valence-corrected chi connectivity index (χ0v) is 25.1. The zero-order valence-electron chi connectivity index (χ0n) is 24.3. The lowest BCUT2D eigenvalue weighted by Gasteiger charge is -2.31. The molecule has 40 heavy (non-hydrogen) atoms. The number of methoxy groups -OCH3 is 1. The number of hydrogen-bond donors (Lipinski definition) is 1. The summed E-state index contributed by atoms with van der Waals surface area (Å²) in [5.74, 6) is -0.772. The number of thiophene rings is 1. The second kappa shape index (κ2) is 12.2. The van der Waals surface area contributed by atoms with E-state index in [4.69, 9.17) is 4.74 Å². The molecule has 0 spiro atoms. The molecule has 0 radical (unpaired) electrons. The van der Waals surface area contributed by atoms with Crippen molar-refractivity contribution in [2.24, 2.45) is 11.3 Å². The van der Waals surface area contributed by atoms with Crippen LogP contribution in [0.2, 0.25) is 0 Å². The van der Waals surface area contributed by atoms with Crippen molar-refractivity contribution in [3.05, 3.63) is 47.3 Å². The lowest BCUT2D eigenvalue weighted by molar-refractivity contribution is -0.145. The first-order valence-corrected chi connectivity index (χ1v) is 14.8. The summed E-state index contributed by atoms with van der Waals surface area (Å²) < 4.78 is 5.53. The largest absolute Gasteiger partial charge is 0.372 e. The maximum Gasteiger partial charge on any atom is 0.262 e. The van der Waals surface area contributed by atoms with Crippen LogP contribution in [0.15, 0.2) is 42.5 Å². The van der Waals surface area contributed by atoms with Crippen LogP contribution in [0.1, 0.15) is 63.6 Å². The molecule has 2 saturated heterocycles. The van der Waals surface area contributed by atoms with Gasteiger partial charge in [0.1, 0.15) is 18.2 Å². The number of carbonyl (C=O) groups is 4. The van der Waals surface area contributed by atoms with E-state index in [1.54, 1.807) is 15.9 Å². The van der Waals surface area contributed by atoms with E-state index < -0.39 is 18.2 Å². The van der Waals surface area contributed by atoms with Crippen molar-refractivity contribution >= 4 is 34.8 Å². The fourth-order valence-corrected chi connectivity index (χ4v) is 6.63. The molecule has 0 saturated carbocycles. The van der Waals surface area contributed by atoms with E-state index in [1.165, 1.54) is 18.4 Å². The number of amides is 3. The van der Waals surface area contributed by atoms with Crippen molar-refractivity contribution in [1.29, 1.82) is 0 Å². The molecule has 216 valence electrons. The van der Waals surface area contributed by atoms with Gasteiger partial charge >= 0.3 is 0 Å². The highest BCUT2D eigenvalue weighted by molar-refractivity contribution is 7.17. The van der Waals surface area contributed by atoms with Gasteiger partial charge in [-0.2, -0.15) is 0 Å². The molecule has 4 atom stereocenters. The van der Waals surface area contributed by atoms with Gasteiger partial charge in [0, 0.05) is 18.5 Å². The number of nitrogens with zero attached hydrogens (tertiary/aromatic N) is 2. The second-order valence-corrected chi connectivity index (χ2v) is 13.5. The standard InChI is InChI=1S/C31H41N3O5S/c1-19(2)16-21(32-28(36)26-13-12-25(40-26)20-10-8-7-9-11-20)29(37)33-15-14-22-27(33)23(35)18-34(22)30(38)24(39-6)17-31(3,4)5/h7-13,19,21-22,24,27H,14-18H2,1-6H3,(H,32,36). The predicted octanol–water partition coefficient (Wildman–Crippen LogP) is 4.39. The van der Waals surface area contributed by atoms with Gasteiger partial charge in [0.25, 0.3) is 11.8 Å². The Morgan fingerprint density at radius 2 is 1.75 bits per heavy atom. The maximum atomic E-state index is 13.9. The van der Waals surface area contributed by atoms with E-state index in [0.717, 1.165) is 10.4 Å². The molecular weight excluding hydrogens is 526 g/mol. The van der Waals surface area contributed by atoms with Crippen LogP contribution in [-0.2, 0) is 19.1 Å². The van der Waals surface area contributed by atoms with Crippen molar-refractivity contribution in [3.63, 3.8) is 0 Å². The average Bonchev–Trinajstić information content (AvgIpc) is 3.63. The van der Waals surface area contributed by atoms with Gasteiger partial charge in [0.05, 0.1) is 17.5 Å². The highest BCUT2D eigenvalue weighted by Gasteiger charge is 2.53. The Labute approximate surface area is 241 Å². The van der Waals surface area contributed by atoms with Crippen LogP contribution in [0.25, 0.3) is 10.4 Å². The lowest BCUT2D eigenvalue weighted by Crippen LogP contribution is -2.53. The topological polar surface area (TPSA) is 96.0 Å². The van der Waals surface area contributed by atoms with Crippen molar-refractivity contribution in [2.75, 3.05) is 20.2 Å². The Hall–Kier alpha value is -3.04. The molecule has 2 aliphatic rings. The Morgan fingerprint density at radius 3 is 2.38 bits per heavy atom. The Bertz CT molecular complexity index is 1240. The van der Waals surface area contributed by atoms with Gasteiger partial charge in [0.15, 0.2) is 5.78 Å². The third kappa shape index (κ3) is 6.63. The molecule has 0 aliphatic carbocycles. The van der Waals surface area contributed by atoms with Gasteiger partial charge in [-0.25, -0.2) is 0 Å². The minimum Gasteiger partial charge on any atom is -0.372 e. The number of nitrogens with one attached hydrogen (secondary N) is 1. The van der Waals surface area contributed by atoms with E-state index in [-0.39, 0.29) is 47.4 Å². The zero-order chi connectivity index (χ0) is 29.2. The minimum atomic E-state index is -0.765. The molecule has 1 N–H and O–H groups in total. The quantitative estimate of drug-likeness (QED) is 0.485. The summed E-state index contributed by atoms with van der Waals surface area (Å²) in [6.07, 6.45) is 0.859. The molecule has 9 heteroatoms. The maximum absolute atomic E-state index is 13.9. The number of carbonyl (C=O) groups excluding carboxylic acids is 4. The van der Waals surface area contributed by atoms with Crippen LogP contribution in [0.5, 0.6) is 0 Å². The summed E-state index contributed by atoms with van der Waals surface area (Å²) in [6, 6.07) is 11.7. The van der Waals surface area contributed by atoms with Crippen LogP contribution in [0, 0.1) is 11.3 Å². The molecule has 3 heterocycles. The SMILES string of the molecule is COC(CC(C)(C)C)C(=O)N1CC(=O)C2C1CCN2C(=O)C(CC(C)C)NC(=O)c1ccc(-c2ccccc2)s1. The number of hydrogen-bond acceptors (Lipinski definition) is 6. The van der Waals surface area contributed by atoms with Crippen LogP contribution in [-0.4, -0.2) is 77.7 Å². The molecule has 1 aromatic carbocycles. The summed E-state index contributed by atoms with van der Waals surface area (Å²) in [5, 5.41) is 2.96. The number of Topliss-reactive ketones (excluding diaryl/α,β-unsaturated/α-hetero) is 1. The highest BCUT2D eigenvalue weighted by atomic mass is 32.1. The fourth-order valence-electron chi connectivity index (χ4n) is 5.71. The van der Waals surface area contributed by atoms with Crippen molar-refractivity contribution in [2.45, 2.75) is 78.1 Å². The number of benzene rings is 1. The molecule has 2 aliphatic heterocycles. The third-order valence-corrected chi connectivity index (χ3v) is 8.68. The van der Waals surface area contributed by atoms with Crippen molar-refractivity contribution in [3.8, 4) is 10.4 Å². The molecule has 0 bridgehead atoms. The fraction of sp³-hybridized carbons (Fsp3) is 0.548. The van der Waals surface area contributed by atoms with Gasteiger partial charge in [-0.15, -0.1) is 11.3 Å². The monoisotopic (exact) mass is 567 g/mol. The van der Waals surface area contributed by atoms with Crippen LogP contribution in [0.4, 0.5) is 0 Å². The molecular formula is C31H41N3O5S. The molecule has 4 unspecified atom stereocenters. The van der Waals surface area contributed by atoms with Crippen LogP contribution >= 0.6 is 11.3 Å². The average molecular weight is 568 g/mol. The molecule has 8 nitrogen and oxygen atoms in total. The highest BCUT2D eigenvalue weighted by Crippen LogP contribution is 2.33. The van der Waals surface area contributed by atoms with Gasteiger partial charge in [0.2, 0.25) is 5.91 Å². The smallest absolute Gasteiger partial charge is 0.262 e. The second-order valence-electron chi connectivity index (χ2n) is 12.4. The van der Waals surface area contributed by atoms with E-state index in [0.29, 0.717) is 30.7 Å². The number of ether oxygens (including phenoxy) is 1. The van der Waals surface area contributed by atoms with Gasteiger partial charge in [-0.05, 0) is 48.3 Å². The van der Waals surface area contributed by atoms with E-state index >= 15 is 0 Å². The summed E-state index contributed by atoms with van der Waals surface area (Å²) in [4.78, 5) is 58.4. The Kier molecular flexibility index (Phi) is 9.15.